The van der Waals surface area contributed by atoms with E-state index >= 15 is 0 Å². The van der Waals surface area contributed by atoms with Crippen LogP contribution in [0.25, 0.3) is 0 Å². The summed E-state index contributed by atoms with van der Waals surface area (Å²) >= 11 is 5.93. The van der Waals surface area contributed by atoms with Crippen molar-refractivity contribution < 1.29 is 14.7 Å². The van der Waals surface area contributed by atoms with E-state index in [1.54, 1.807) is 12.1 Å². The van der Waals surface area contributed by atoms with Gasteiger partial charge < -0.3 is 21.5 Å². The van der Waals surface area contributed by atoms with Crippen LogP contribution in [-0.4, -0.2) is 23.5 Å². The van der Waals surface area contributed by atoms with Gasteiger partial charge in [0.15, 0.2) is 0 Å². The minimum absolute atomic E-state index is 0.00989. The molecule has 1 aromatic rings. The zero-order chi connectivity index (χ0) is 16.5. The largest absolute Gasteiger partial charge is 0.481 e. The van der Waals surface area contributed by atoms with Gasteiger partial charge in [0.05, 0.1) is 10.7 Å². The van der Waals surface area contributed by atoms with Crippen molar-refractivity contribution in [1.29, 1.82) is 5.26 Å². The van der Waals surface area contributed by atoms with Gasteiger partial charge in [0, 0.05) is 24.9 Å². The van der Waals surface area contributed by atoms with Crippen LogP contribution in [0, 0.1) is 11.3 Å². The van der Waals surface area contributed by atoms with Crippen molar-refractivity contribution in [1.82, 2.24) is 5.32 Å². The van der Waals surface area contributed by atoms with Gasteiger partial charge in [0.2, 0.25) is 0 Å². The summed E-state index contributed by atoms with van der Waals surface area (Å²) in [4.78, 5) is 22.3. The molecule has 116 valence electrons. The first-order valence-corrected chi connectivity index (χ1v) is 6.73. The highest BCUT2D eigenvalue weighted by Gasteiger charge is 2.11. The van der Waals surface area contributed by atoms with Crippen molar-refractivity contribution in [2.24, 2.45) is 0 Å². The number of hydrogen-bond acceptors (Lipinski definition) is 5. The molecular formula is C14H15ClN4O3. The number of nitrogens with two attached hydrogens (primary N) is 1. The highest BCUT2D eigenvalue weighted by Crippen LogP contribution is 2.24. The summed E-state index contributed by atoms with van der Waals surface area (Å²) < 4.78 is 0. The highest BCUT2D eigenvalue weighted by atomic mass is 35.5. The van der Waals surface area contributed by atoms with Gasteiger partial charge in [-0.1, -0.05) is 11.6 Å². The number of benzene rings is 1. The molecule has 0 saturated heterocycles. The second-order valence-electron chi connectivity index (χ2n) is 4.31. The molecule has 0 atom stereocenters. The van der Waals surface area contributed by atoms with Crippen molar-refractivity contribution in [2.45, 2.75) is 12.8 Å². The zero-order valence-electron chi connectivity index (χ0n) is 11.6. The number of nitrogens with zero attached hydrogens (tertiary/aromatic N) is 1. The molecule has 0 bridgehead atoms. The molecule has 0 unspecified atom stereocenters. The molecule has 5 N–H and O–H groups in total. The Morgan fingerprint density at radius 1 is 1.45 bits per heavy atom. The molecule has 0 aromatic heterocycles. The lowest BCUT2D eigenvalue weighted by molar-refractivity contribution is -0.137. The SMILES string of the molecule is N#C/C(=C/NCCCC(=O)O)C(=O)Nc1ccc(N)cc1Cl. The number of carboxylic acids is 1. The van der Waals surface area contributed by atoms with E-state index in [0.29, 0.717) is 24.3 Å². The summed E-state index contributed by atoms with van der Waals surface area (Å²) in [5, 5.41) is 22.9. The summed E-state index contributed by atoms with van der Waals surface area (Å²) in [6, 6.07) is 6.34. The molecule has 0 saturated carbocycles. The predicted octanol–water partition coefficient (Wildman–Crippen LogP) is 1.72. The molecule has 1 amide bonds. The van der Waals surface area contributed by atoms with Crippen molar-refractivity contribution >= 4 is 34.9 Å². The van der Waals surface area contributed by atoms with E-state index < -0.39 is 11.9 Å². The second kappa shape index (κ2) is 8.54. The number of nitriles is 1. The number of carboxylic acid groups (broad SMARTS) is 1. The average molecular weight is 323 g/mol. The van der Waals surface area contributed by atoms with E-state index in [-0.39, 0.29) is 17.0 Å². The maximum Gasteiger partial charge on any atom is 0.303 e. The second-order valence-corrected chi connectivity index (χ2v) is 4.72. The Morgan fingerprint density at radius 3 is 2.77 bits per heavy atom. The van der Waals surface area contributed by atoms with E-state index in [4.69, 9.17) is 27.7 Å². The van der Waals surface area contributed by atoms with E-state index in [1.807, 2.05) is 0 Å². The number of nitrogens with one attached hydrogen (secondary N) is 2. The fraction of sp³-hybridized carbons (Fsp3) is 0.214. The number of aliphatic carboxylic acids is 1. The number of carbonyl (C=O) groups is 2. The predicted molar refractivity (Wildman–Crippen MR) is 83.1 cm³/mol. The molecule has 0 fully saturated rings. The first kappa shape index (κ1) is 17.3. The molecule has 0 radical (unpaired) electrons. The van der Waals surface area contributed by atoms with Crippen LogP contribution in [0.4, 0.5) is 11.4 Å². The normalized spacial score (nSPS) is 10.6. The van der Waals surface area contributed by atoms with Crippen LogP contribution in [-0.2, 0) is 9.59 Å². The zero-order valence-corrected chi connectivity index (χ0v) is 12.4. The third-order valence-corrected chi connectivity index (χ3v) is 2.88. The maximum absolute atomic E-state index is 11.9. The summed E-state index contributed by atoms with van der Waals surface area (Å²) in [6.45, 7) is 0.341. The Labute approximate surface area is 132 Å². The molecule has 8 heteroatoms. The van der Waals surface area contributed by atoms with Gasteiger partial charge >= 0.3 is 5.97 Å². The number of amides is 1. The lowest BCUT2D eigenvalue weighted by Gasteiger charge is -2.07. The lowest BCUT2D eigenvalue weighted by Crippen LogP contribution is -2.17. The maximum atomic E-state index is 11.9. The van der Waals surface area contributed by atoms with Crippen LogP contribution < -0.4 is 16.4 Å². The van der Waals surface area contributed by atoms with Crippen molar-refractivity contribution in [3.8, 4) is 6.07 Å². The van der Waals surface area contributed by atoms with Crippen LogP contribution in [0.2, 0.25) is 5.02 Å². The molecule has 7 nitrogen and oxygen atoms in total. The minimum atomic E-state index is -0.901. The number of rotatable bonds is 7. The van der Waals surface area contributed by atoms with Gasteiger partial charge in [-0.15, -0.1) is 0 Å². The fourth-order valence-electron chi connectivity index (χ4n) is 1.49. The summed E-state index contributed by atoms with van der Waals surface area (Å²) in [5.41, 5.74) is 6.20. The Kier molecular flexibility index (Phi) is 6.73. The summed E-state index contributed by atoms with van der Waals surface area (Å²) in [7, 11) is 0. The Morgan fingerprint density at radius 2 is 2.18 bits per heavy atom. The monoisotopic (exact) mass is 322 g/mol. The quantitative estimate of drug-likeness (QED) is 0.262. The standard InChI is InChI=1S/C14H15ClN4O3/c15-11-6-10(17)3-4-12(11)19-14(22)9(7-16)8-18-5-1-2-13(20)21/h3-4,6,8,18H,1-2,5,17H2,(H,19,22)(H,20,21)/b9-8-. The highest BCUT2D eigenvalue weighted by molar-refractivity contribution is 6.34. The molecule has 0 aliphatic rings. The van der Waals surface area contributed by atoms with Crippen LogP contribution >= 0.6 is 11.6 Å². The van der Waals surface area contributed by atoms with E-state index in [1.165, 1.54) is 18.3 Å². The third-order valence-electron chi connectivity index (χ3n) is 2.56. The molecule has 1 aromatic carbocycles. The molecule has 1 rings (SSSR count). The van der Waals surface area contributed by atoms with Crippen LogP contribution in [0.15, 0.2) is 30.0 Å². The van der Waals surface area contributed by atoms with Crippen molar-refractivity contribution in [3.63, 3.8) is 0 Å². The lowest BCUT2D eigenvalue weighted by atomic mass is 10.2. The molecule has 0 heterocycles. The number of carbonyl (C=O) groups excluding carboxylic acids is 1. The summed E-state index contributed by atoms with van der Waals surface area (Å²) in [5.74, 6) is -1.53. The third kappa shape index (κ3) is 5.73. The van der Waals surface area contributed by atoms with Gasteiger partial charge in [-0.3, -0.25) is 9.59 Å². The van der Waals surface area contributed by atoms with Gasteiger partial charge in [-0.2, -0.15) is 5.26 Å². The molecular weight excluding hydrogens is 308 g/mol. The van der Waals surface area contributed by atoms with Gasteiger partial charge in [0.1, 0.15) is 11.6 Å². The van der Waals surface area contributed by atoms with Crippen LogP contribution in [0.5, 0.6) is 0 Å². The molecule has 0 aliphatic carbocycles. The Balaban J connectivity index is 2.60. The van der Waals surface area contributed by atoms with Crippen LogP contribution in [0.3, 0.4) is 0 Å². The van der Waals surface area contributed by atoms with E-state index in [9.17, 15) is 9.59 Å². The van der Waals surface area contributed by atoms with Crippen molar-refractivity contribution in [3.05, 3.63) is 35.0 Å². The van der Waals surface area contributed by atoms with E-state index in [0.717, 1.165) is 0 Å². The molecule has 0 spiro atoms. The smallest absolute Gasteiger partial charge is 0.303 e. The van der Waals surface area contributed by atoms with E-state index in [2.05, 4.69) is 10.6 Å². The minimum Gasteiger partial charge on any atom is -0.481 e. The Hall–Kier alpha value is -2.72. The fourth-order valence-corrected chi connectivity index (χ4v) is 1.72. The average Bonchev–Trinajstić information content (AvgIpc) is 2.45. The number of nitrogen functional groups attached to an aromatic ring is 1. The molecule has 22 heavy (non-hydrogen) atoms. The van der Waals surface area contributed by atoms with Crippen molar-refractivity contribution in [2.75, 3.05) is 17.6 Å². The topological polar surface area (TPSA) is 128 Å². The van der Waals surface area contributed by atoms with Gasteiger partial charge in [-0.05, 0) is 24.6 Å². The first-order chi connectivity index (χ1) is 10.4. The van der Waals surface area contributed by atoms with Crippen LogP contribution in [0.1, 0.15) is 12.8 Å². The summed E-state index contributed by atoms with van der Waals surface area (Å²) in [6.07, 6.45) is 1.63. The van der Waals surface area contributed by atoms with Gasteiger partial charge in [-0.25, -0.2) is 0 Å². The molecule has 0 aliphatic heterocycles. The number of anilines is 2. The number of halogens is 1. The number of hydrogen-bond donors (Lipinski definition) is 4. The first-order valence-electron chi connectivity index (χ1n) is 6.36. The Bertz CT molecular complexity index is 637. The van der Waals surface area contributed by atoms with Gasteiger partial charge in [0.25, 0.3) is 5.91 Å².